The van der Waals surface area contributed by atoms with Gasteiger partial charge < -0.3 is 10.5 Å². The van der Waals surface area contributed by atoms with Crippen LogP contribution in [0.1, 0.15) is 10.4 Å². The fourth-order valence-corrected chi connectivity index (χ4v) is 3.07. The summed E-state index contributed by atoms with van der Waals surface area (Å²) in [6, 6.07) is 8.95. The maximum atomic E-state index is 12.4. The molecule has 10 heteroatoms. The number of nitro benzene ring substituents is 1. The van der Waals surface area contributed by atoms with Crippen molar-refractivity contribution < 1.29 is 22.9 Å². The van der Waals surface area contributed by atoms with Crippen molar-refractivity contribution in [2.24, 2.45) is 5.73 Å². The quantitative estimate of drug-likeness (QED) is 0.596. The van der Waals surface area contributed by atoms with E-state index < -0.39 is 26.5 Å². The number of benzene rings is 2. The molecule has 0 radical (unpaired) electrons. The summed E-state index contributed by atoms with van der Waals surface area (Å²) in [4.78, 5) is 21.3. The fourth-order valence-electron chi connectivity index (χ4n) is 1.97. The molecule has 3 N–H and O–H groups in total. The Morgan fingerprint density at radius 3 is 2.50 bits per heavy atom. The standard InChI is InChI=1S/C14H13N3O6S/c1-23-13-7-6-9(8-12(13)17(19)20)24(21,22)16-11-5-3-2-4-10(11)14(15)18/h2-8,16H,1H3,(H2,15,18). The van der Waals surface area contributed by atoms with Crippen molar-refractivity contribution in [3.05, 3.63) is 58.1 Å². The highest BCUT2D eigenvalue weighted by atomic mass is 32.2. The number of carbonyl (C=O) groups excluding carboxylic acids is 1. The molecule has 24 heavy (non-hydrogen) atoms. The Morgan fingerprint density at radius 1 is 1.25 bits per heavy atom. The van der Waals surface area contributed by atoms with Crippen LogP contribution in [0.25, 0.3) is 0 Å². The number of nitro groups is 1. The SMILES string of the molecule is COc1ccc(S(=O)(=O)Nc2ccccc2C(N)=O)cc1[N+](=O)[O-]. The Hall–Kier alpha value is -3.14. The lowest BCUT2D eigenvalue weighted by molar-refractivity contribution is -0.386. The zero-order valence-electron chi connectivity index (χ0n) is 12.4. The monoisotopic (exact) mass is 351 g/mol. The number of carbonyl (C=O) groups is 1. The first-order valence-corrected chi connectivity index (χ1v) is 7.98. The van der Waals surface area contributed by atoms with Gasteiger partial charge in [0.1, 0.15) is 0 Å². The third-order valence-corrected chi connectivity index (χ3v) is 4.46. The third-order valence-electron chi connectivity index (χ3n) is 3.09. The van der Waals surface area contributed by atoms with Crippen molar-refractivity contribution >= 4 is 27.3 Å². The van der Waals surface area contributed by atoms with Crippen LogP contribution in [0.3, 0.4) is 0 Å². The lowest BCUT2D eigenvalue weighted by atomic mass is 10.2. The van der Waals surface area contributed by atoms with E-state index in [2.05, 4.69) is 4.72 Å². The predicted octanol–water partition coefficient (Wildman–Crippen LogP) is 1.50. The van der Waals surface area contributed by atoms with Gasteiger partial charge in [-0.2, -0.15) is 0 Å². The number of nitrogens with one attached hydrogen (secondary N) is 1. The Labute approximate surface area is 137 Å². The molecule has 0 heterocycles. The topological polar surface area (TPSA) is 142 Å². The number of hydrogen-bond acceptors (Lipinski definition) is 6. The lowest BCUT2D eigenvalue weighted by Crippen LogP contribution is -2.18. The molecule has 0 aliphatic carbocycles. The van der Waals surface area contributed by atoms with Crippen molar-refractivity contribution in [1.29, 1.82) is 0 Å². The molecule has 0 saturated carbocycles. The minimum Gasteiger partial charge on any atom is -0.490 e. The molecule has 0 saturated heterocycles. The van der Waals surface area contributed by atoms with Crippen LogP contribution in [-0.4, -0.2) is 26.4 Å². The average Bonchev–Trinajstić information content (AvgIpc) is 2.54. The van der Waals surface area contributed by atoms with Crippen LogP contribution in [0.2, 0.25) is 0 Å². The van der Waals surface area contributed by atoms with Crippen LogP contribution in [-0.2, 0) is 10.0 Å². The van der Waals surface area contributed by atoms with Gasteiger partial charge in [0.2, 0.25) is 0 Å². The summed E-state index contributed by atoms with van der Waals surface area (Å²) in [7, 11) is -2.93. The maximum absolute atomic E-state index is 12.4. The number of para-hydroxylation sites is 1. The first kappa shape index (κ1) is 17.2. The first-order chi connectivity index (χ1) is 11.3. The van der Waals surface area contributed by atoms with Crippen LogP contribution in [0.15, 0.2) is 47.4 Å². The second-order valence-corrected chi connectivity index (χ2v) is 6.29. The molecule has 0 bridgehead atoms. The maximum Gasteiger partial charge on any atom is 0.312 e. The Bertz CT molecular complexity index is 910. The molecule has 1 amide bonds. The number of nitrogens with zero attached hydrogens (tertiary/aromatic N) is 1. The highest BCUT2D eigenvalue weighted by Crippen LogP contribution is 2.30. The molecule has 2 aromatic carbocycles. The average molecular weight is 351 g/mol. The van der Waals surface area contributed by atoms with Gasteiger partial charge in [0.25, 0.3) is 15.9 Å². The summed E-state index contributed by atoms with van der Waals surface area (Å²) < 4.78 is 31.9. The van der Waals surface area contributed by atoms with E-state index >= 15 is 0 Å². The van der Waals surface area contributed by atoms with E-state index in [1.54, 1.807) is 0 Å². The summed E-state index contributed by atoms with van der Waals surface area (Å²) in [5.74, 6) is -0.884. The van der Waals surface area contributed by atoms with Gasteiger partial charge in [-0.3, -0.25) is 19.6 Å². The number of methoxy groups -OCH3 is 1. The zero-order valence-corrected chi connectivity index (χ0v) is 13.2. The Kier molecular flexibility index (Phi) is 4.69. The number of rotatable bonds is 6. The second-order valence-electron chi connectivity index (χ2n) is 4.61. The summed E-state index contributed by atoms with van der Waals surface area (Å²) in [6.07, 6.45) is 0. The first-order valence-electron chi connectivity index (χ1n) is 6.50. The molecule has 0 aromatic heterocycles. The zero-order chi connectivity index (χ0) is 17.9. The summed E-state index contributed by atoms with van der Waals surface area (Å²) in [5.41, 5.74) is 4.65. The van der Waals surface area contributed by atoms with E-state index in [4.69, 9.17) is 10.5 Å². The van der Waals surface area contributed by atoms with Gasteiger partial charge in [0, 0.05) is 6.07 Å². The van der Waals surface area contributed by atoms with E-state index in [0.717, 1.165) is 12.1 Å². The van der Waals surface area contributed by atoms with Gasteiger partial charge in [-0.15, -0.1) is 0 Å². The third kappa shape index (κ3) is 3.43. The van der Waals surface area contributed by atoms with Crippen molar-refractivity contribution in [2.45, 2.75) is 4.90 Å². The van der Waals surface area contributed by atoms with Crippen LogP contribution in [0.4, 0.5) is 11.4 Å². The van der Waals surface area contributed by atoms with E-state index in [-0.39, 0.29) is 21.9 Å². The van der Waals surface area contributed by atoms with Gasteiger partial charge in [0.05, 0.1) is 28.2 Å². The van der Waals surface area contributed by atoms with Crippen LogP contribution in [0.5, 0.6) is 5.75 Å². The van der Waals surface area contributed by atoms with Crippen molar-refractivity contribution in [3.63, 3.8) is 0 Å². The van der Waals surface area contributed by atoms with Crippen molar-refractivity contribution in [3.8, 4) is 5.75 Å². The second kappa shape index (κ2) is 6.54. The van der Waals surface area contributed by atoms with Crippen molar-refractivity contribution in [1.82, 2.24) is 0 Å². The van der Waals surface area contributed by atoms with Gasteiger partial charge in [0.15, 0.2) is 5.75 Å². The molecule has 126 valence electrons. The van der Waals surface area contributed by atoms with Crippen molar-refractivity contribution in [2.75, 3.05) is 11.8 Å². The van der Waals surface area contributed by atoms with E-state index in [9.17, 15) is 23.3 Å². The number of primary amides is 1. The van der Waals surface area contributed by atoms with Gasteiger partial charge in [-0.1, -0.05) is 12.1 Å². The molecule has 9 nitrogen and oxygen atoms in total. The molecule has 0 spiro atoms. The molecule has 0 unspecified atom stereocenters. The Balaban J connectivity index is 2.47. The largest absolute Gasteiger partial charge is 0.490 e. The molecular weight excluding hydrogens is 338 g/mol. The van der Waals surface area contributed by atoms with Gasteiger partial charge in [-0.25, -0.2) is 8.42 Å². The number of amides is 1. The smallest absolute Gasteiger partial charge is 0.312 e. The highest BCUT2D eigenvalue weighted by molar-refractivity contribution is 7.92. The number of anilines is 1. The van der Waals surface area contributed by atoms with Crippen LogP contribution < -0.4 is 15.2 Å². The molecule has 2 aromatic rings. The van der Waals surface area contributed by atoms with Gasteiger partial charge in [-0.05, 0) is 24.3 Å². The lowest BCUT2D eigenvalue weighted by Gasteiger charge is -2.11. The van der Waals surface area contributed by atoms with E-state index in [0.29, 0.717) is 0 Å². The van der Waals surface area contributed by atoms with Crippen LogP contribution >= 0.6 is 0 Å². The predicted molar refractivity (Wildman–Crippen MR) is 85.4 cm³/mol. The summed E-state index contributed by atoms with van der Waals surface area (Å²) >= 11 is 0. The number of hydrogen-bond donors (Lipinski definition) is 2. The minimum atomic E-state index is -4.17. The summed E-state index contributed by atoms with van der Waals surface area (Å²) in [5, 5.41) is 11.0. The Morgan fingerprint density at radius 2 is 1.92 bits per heavy atom. The van der Waals surface area contributed by atoms with E-state index in [1.807, 2.05) is 0 Å². The molecule has 2 rings (SSSR count). The molecule has 0 fully saturated rings. The molecule has 0 aliphatic rings. The minimum absolute atomic E-state index is 0.0240. The number of ether oxygens (including phenoxy) is 1. The number of sulfonamides is 1. The molecule has 0 aliphatic heterocycles. The van der Waals surface area contributed by atoms with E-state index in [1.165, 1.54) is 37.4 Å². The molecular formula is C14H13N3O6S. The highest BCUT2D eigenvalue weighted by Gasteiger charge is 2.23. The van der Waals surface area contributed by atoms with Crippen LogP contribution in [0, 0.1) is 10.1 Å². The number of nitrogens with two attached hydrogens (primary N) is 1. The molecule has 0 atom stereocenters. The normalized spacial score (nSPS) is 10.9. The fraction of sp³-hybridized carbons (Fsp3) is 0.0714. The van der Waals surface area contributed by atoms with Gasteiger partial charge >= 0.3 is 5.69 Å². The summed E-state index contributed by atoms with van der Waals surface area (Å²) in [6.45, 7) is 0.